The molecule has 0 spiro atoms. The summed E-state index contributed by atoms with van der Waals surface area (Å²) in [5.74, 6) is -1.59. The molecule has 2 aromatic rings. The molecule has 0 aliphatic carbocycles. The Hall–Kier alpha value is -3.30. The number of amides is 2. The van der Waals surface area contributed by atoms with Crippen molar-refractivity contribution in [2.45, 2.75) is 40.0 Å². The third kappa shape index (κ3) is 5.04. The van der Waals surface area contributed by atoms with Gasteiger partial charge >= 0.3 is 12.1 Å². The van der Waals surface area contributed by atoms with Crippen molar-refractivity contribution in [1.29, 1.82) is 0 Å². The number of carbonyl (C=O) groups excluding carboxylic acids is 3. The van der Waals surface area contributed by atoms with Gasteiger partial charge in [-0.2, -0.15) is 13.2 Å². The van der Waals surface area contributed by atoms with E-state index in [-0.39, 0.29) is 43.9 Å². The summed E-state index contributed by atoms with van der Waals surface area (Å²) >= 11 is 0. The third-order valence-corrected chi connectivity index (χ3v) is 5.52. The first-order valence-corrected chi connectivity index (χ1v) is 10.6. The normalized spacial score (nSPS) is 14.5. The van der Waals surface area contributed by atoms with Crippen molar-refractivity contribution in [1.82, 2.24) is 14.8 Å². The van der Waals surface area contributed by atoms with Crippen LogP contribution in [0.4, 0.5) is 13.2 Å². The maximum absolute atomic E-state index is 13.3. The molecule has 0 bridgehead atoms. The first kappa shape index (κ1) is 24.3. The number of ether oxygens (including phenoxy) is 1. The quantitative estimate of drug-likeness (QED) is 0.696. The molecule has 0 radical (unpaired) electrons. The highest BCUT2D eigenvalue weighted by molar-refractivity contribution is 6.01. The van der Waals surface area contributed by atoms with Gasteiger partial charge in [-0.3, -0.25) is 9.59 Å². The number of aryl methyl sites for hydroxylation is 1. The molecule has 7 nitrogen and oxygen atoms in total. The van der Waals surface area contributed by atoms with Crippen LogP contribution in [0.15, 0.2) is 24.3 Å². The summed E-state index contributed by atoms with van der Waals surface area (Å²) < 4.78 is 45.1. The summed E-state index contributed by atoms with van der Waals surface area (Å²) in [6.45, 7) is 7.29. The smallest absolute Gasteiger partial charge is 0.417 e. The van der Waals surface area contributed by atoms with Crippen LogP contribution in [0.1, 0.15) is 61.9 Å². The molecule has 1 saturated heterocycles. The van der Waals surface area contributed by atoms with Gasteiger partial charge in [-0.1, -0.05) is 12.1 Å². The number of H-pyrrole nitrogens is 1. The number of hydrogen-bond acceptors (Lipinski definition) is 4. The van der Waals surface area contributed by atoms with Gasteiger partial charge in [0.25, 0.3) is 11.8 Å². The molecular formula is C23H26F3N3O4. The van der Waals surface area contributed by atoms with E-state index in [4.69, 9.17) is 4.74 Å². The van der Waals surface area contributed by atoms with Crippen LogP contribution in [-0.4, -0.2) is 64.9 Å². The topological polar surface area (TPSA) is 82.7 Å². The SMILES string of the molecule is Cc1[nH]c(C(=O)N2CCN(C(=O)c3ccccc3C(F)(F)F)CC2)c(C)c1C(=O)OC(C)C. The van der Waals surface area contributed by atoms with E-state index in [1.165, 1.54) is 21.9 Å². The lowest BCUT2D eigenvalue weighted by Crippen LogP contribution is -2.51. The van der Waals surface area contributed by atoms with Crippen molar-refractivity contribution in [3.05, 3.63) is 57.9 Å². The lowest BCUT2D eigenvalue weighted by molar-refractivity contribution is -0.138. The van der Waals surface area contributed by atoms with Crippen molar-refractivity contribution in [3.63, 3.8) is 0 Å². The number of carbonyl (C=O) groups is 3. The van der Waals surface area contributed by atoms with Gasteiger partial charge in [0.05, 0.1) is 22.8 Å². The molecule has 10 heteroatoms. The van der Waals surface area contributed by atoms with Crippen molar-refractivity contribution in [2.24, 2.45) is 0 Å². The van der Waals surface area contributed by atoms with Crippen LogP contribution in [0.2, 0.25) is 0 Å². The first-order chi connectivity index (χ1) is 15.4. The van der Waals surface area contributed by atoms with E-state index in [0.717, 1.165) is 12.1 Å². The van der Waals surface area contributed by atoms with Gasteiger partial charge in [0.1, 0.15) is 5.69 Å². The monoisotopic (exact) mass is 465 g/mol. The molecular weight excluding hydrogens is 439 g/mol. The molecule has 3 rings (SSSR count). The zero-order valence-electron chi connectivity index (χ0n) is 18.9. The van der Waals surface area contributed by atoms with Crippen LogP contribution in [0, 0.1) is 13.8 Å². The Morgan fingerprint density at radius 3 is 2.06 bits per heavy atom. The molecule has 2 amide bonds. The van der Waals surface area contributed by atoms with Gasteiger partial charge in [-0.15, -0.1) is 0 Å². The first-order valence-electron chi connectivity index (χ1n) is 10.6. The molecule has 1 aliphatic rings. The van der Waals surface area contributed by atoms with Crippen molar-refractivity contribution in [2.75, 3.05) is 26.2 Å². The number of aromatic nitrogens is 1. The Kier molecular flexibility index (Phi) is 6.85. The maximum Gasteiger partial charge on any atom is 0.417 e. The average molecular weight is 465 g/mol. The fraction of sp³-hybridized carbons (Fsp3) is 0.435. The van der Waals surface area contributed by atoms with E-state index in [1.54, 1.807) is 27.7 Å². The second-order valence-electron chi connectivity index (χ2n) is 8.21. The minimum Gasteiger partial charge on any atom is -0.459 e. The molecule has 1 N–H and O–H groups in total. The summed E-state index contributed by atoms with van der Waals surface area (Å²) in [4.78, 5) is 43.9. The molecule has 178 valence electrons. The molecule has 0 atom stereocenters. The summed E-state index contributed by atoms with van der Waals surface area (Å²) in [5, 5.41) is 0. The number of hydrogen-bond donors (Lipinski definition) is 1. The lowest BCUT2D eigenvalue weighted by atomic mass is 10.1. The number of benzene rings is 1. The van der Waals surface area contributed by atoms with E-state index in [0.29, 0.717) is 16.8 Å². The van der Waals surface area contributed by atoms with Gasteiger partial charge in [0, 0.05) is 31.9 Å². The molecule has 0 unspecified atom stereocenters. The summed E-state index contributed by atoms with van der Waals surface area (Å²) in [6, 6.07) is 4.67. The minimum absolute atomic E-state index is 0.0950. The number of nitrogens with one attached hydrogen (secondary N) is 1. The highest BCUT2D eigenvalue weighted by Gasteiger charge is 2.37. The zero-order valence-corrected chi connectivity index (χ0v) is 18.9. The standard InChI is InChI=1S/C23H26F3N3O4/c1-13(2)33-22(32)18-14(3)19(27-15(18)4)21(31)29-11-9-28(10-12-29)20(30)16-7-5-6-8-17(16)23(24,25)26/h5-8,13,27H,9-12H2,1-4H3. The molecule has 1 aliphatic heterocycles. The molecule has 2 heterocycles. The van der Waals surface area contributed by atoms with Crippen LogP contribution in [0.25, 0.3) is 0 Å². The highest BCUT2D eigenvalue weighted by atomic mass is 19.4. The Morgan fingerprint density at radius 1 is 0.970 bits per heavy atom. The number of halogens is 3. The second-order valence-corrected chi connectivity index (χ2v) is 8.21. The van der Waals surface area contributed by atoms with Crippen LogP contribution in [-0.2, 0) is 10.9 Å². The van der Waals surface area contributed by atoms with Crippen LogP contribution in [0.3, 0.4) is 0 Å². The number of alkyl halides is 3. The highest BCUT2D eigenvalue weighted by Crippen LogP contribution is 2.32. The van der Waals surface area contributed by atoms with E-state index in [2.05, 4.69) is 4.98 Å². The summed E-state index contributed by atoms with van der Waals surface area (Å²) in [5.41, 5.74) is 0.163. The number of nitrogens with zero attached hydrogens (tertiary/aromatic N) is 2. The predicted octanol–water partition coefficient (Wildman–Crippen LogP) is 3.81. The van der Waals surface area contributed by atoms with Gasteiger partial charge in [-0.05, 0) is 45.4 Å². The number of piperazine rings is 1. The fourth-order valence-corrected chi connectivity index (χ4v) is 3.90. The minimum atomic E-state index is -4.64. The third-order valence-electron chi connectivity index (χ3n) is 5.52. The van der Waals surface area contributed by atoms with E-state index >= 15 is 0 Å². The molecule has 1 aromatic carbocycles. The Bertz CT molecular complexity index is 1070. The lowest BCUT2D eigenvalue weighted by Gasteiger charge is -2.35. The number of rotatable bonds is 4. The Morgan fingerprint density at radius 2 is 1.52 bits per heavy atom. The van der Waals surface area contributed by atoms with Gasteiger partial charge in [-0.25, -0.2) is 4.79 Å². The van der Waals surface area contributed by atoms with E-state index < -0.39 is 29.2 Å². The van der Waals surface area contributed by atoms with E-state index in [1.807, 2.05) is 0 Å². The zero-order chi connectivity index (χ0) is 24.5. The molecule has 1 aromatic heterocycles. The fourth-order valence-electron chi connectivity index (χ4n) is 3.90. The van der Waals surface area contributed by atoms with Crippen LogP contribution in [0.5, 0.6) is 0 Å². The maximum atomic E-state index is 13.3. The van der Waals surface area contributed by atoms with Gasteiger partial charge < -0.3 is 19.5 Å². The molecule has 0 saturated carbocycles. The van der Waals surface area contributed by atoms with Crippen LogP contribution < -0.4 is 0 Å². The van der Waals surface area contributed by atoms with Gasteiger partial charge in [0.2, 0.25) is 0 Å². The van der Waals surface area contributed by atoms with Crippen LogP contribution >= 0.6 is 0 Å². The predicted molar refractivity (Wildman–Crippen MR) is 114 cm³/mol. The van der Waals surface area contributed by atoms with E-state index in [9.17, 15) is 27.6 Å². The molecule has 33 heavy (non-hydrogen) atoms. The van der Waals surface area contributed by atoms with Crippen molar-refractivity contribution >= 4 is 17.8 Å². The summed E-state index contributed by atoms with van der Waals surface area (Å²) in [7, 11) is 0. The van der Waals surface area contributed by atoms with Crippen molar-refractivity contribution in [3.8, 4) is 0 Å². The average Bonchev–Trinajstić information content (AvgIpc) is 3.05. The van der Waals surface area contributed by atoms with Gasteiger partial charge in [0.15, 0.2) is 0 Å². The number of aromatic amines is 1. The Labute approximate surface area is 189 Å². The summed E-state index contributed by atoms with van der Waals surface area (Å²) in [6.07, 6.45) is -4.94. The molecule has 1 fully saturated rings. The second kappa shape index (κ2) is 9.29. The largest absolute Gasteiger partial charge is 0.459 e. The number of esters is 1. The van der Waals surface area contributed by atoms with Crippen molar-refractivity contribution < 1.29 is 32.3 Å². The Balaban J connectivity index is 1.72.